The minimum atomic E-state index is -0.694. The van der Waals surface area contributed by atoms with E-state index in [9.17, 15) is 13.6 Å². The summed E-state index contributed by atoms with van der Waals surface area (Å²) < 4.78 is 32.0. The van der Waals surface area contributed by atoms with Crippen molar-refractivity contribution in [1.29, 1.82) is 0 Å². The van der Waals surface area contributed by atoms with Crippen LogP contribution in [0.2, 0.25) is 0 Å². The molecule has 1 saturated heterocycles. The summed E-state index contributed by atoms with van der Waals surface area (Å²) in [5, 5.41) is 3.00. The number of anilines is 1. The van der Waals surface area contributed by atoms with Crippen molar-refractivity contribution in [2.75, 3.05) is 18.0 Å². The topological polar surface area (TPSA) is 58.4 Å². The third-order valence-electron chi connectivity index (χ3n) is 4.66. The van der Waals surface area contributed by atoms with Crippen LogP contribution in [-0.4, -0.2) is 30.0 Å². The van der Waals surface area contributed by atoms with Gasteiger partial charge in [-0.05, 0) is 30.4 Å². The zero-order valence-corrected chi connectivity index (χ0v) is 14.0. The number of hydrogen-bond acceptors (Lipinski definition) is 4. The van der Waals surface area contributed by atoms with Gasteiger partial charge in [-0.3, -0.25) is 4.79 Å². The molecule has 2 atom stereocenters. The predicted molar refractivity (Wildman–Crippen MR) is 89.1 cm³/mol. The lowest BCUT2D eigenvalue weighted by atomic mass is 9.90. The van der Waals surface area contributed by atoms with E-state index in [1.165, 1.54) is 6.07 Å². The first-order valence-electron chi connectivity index (χ1n) is 8.44. The molecule has 1 N–H and O–H groups in total. The molecule has 134 valence electrons. The zero-order valence-electron chi connectivity index (χ0n) is 14.0. The summed E-state index contributed by atoms with van der Waals surface area (Å²) in [6.45, 7) is 3.54. The molecule has 0 spiro atoms. The van der Waals surface area contributed by atoms with Gasteiger partial charge in [0.2, 0.25) is 5.91 Å². The molecule has 2 heterocycles. The number of oxazole rings is 1. The Balaban J connectivity index is 1.59. The number of nitrogens with one attached hydrogen (secondary N) is 1. The highest BCUT2D eigenvalue weighted by atomic mass is 19.1. The minimum Gasteiger partial charge on any atom is -0.432 e. The fourth-order valence-electron chi connectivity index (χ4n) is 3.28. The lowest BCUT2D eigenvalue weighted by molar-refractivity contribution is -0.121. The Kier molecular flexibility index (Phi) is 5.31. The Morgan fingerprint density at radius 2 is 2.28 bits per heavy atom. The Bertz CT molecular complexity index is 721. The maximum absolute atomic E-state index is 13.7. The fourth-order valence-corrected chi connectivity index (χ4v) is 3.28. The lowest BCUT2D eigenvalue weighted by Gasteiger charge is -2.37. The monoisotopic (exact) mass is 349 g/mol. The van der Waals surface area contributed by atoms with Gasteiger partial charge in [-0.1, -0.05) is 13.0 Å². The highest BCUT2D eigenvalue weighted by molar-refractivity contribution is 5.79. The molecule has 0 saturated carbocycles. The predicted octanol–water partition coefficient (Wildman–Crippen LogP) is 2.92. The molecule has 1 aromatic carbocycles. The van der Waals surface area contributed by atoms with Gasteiger partial charge in [0.25, 0.3) is 6.01 Å². The van der Waals surface area contributed by atoms with Gasteiger partial charge >= 0.3 is 0 Å². The van der Waals surface area contributed by atoms with Crippen LogP contribution < -0.4 is 10.2 Å². The van der Waals surface area contributed by atoms with Crippen molar-refractivity contribution in [3.8, 4) is 0 Å². The van der Waals surface area contributed by atoms with Crippen molar-refractivity contribution in [2.24, 2.45) is 5.92 Å². The fraction of sp³-hybridized carbons (Fsp3) is 0.444. The first-order valence-corrected chi connectivity index (χ1v) is 8.44. The van der Waals surface area contributed by atoms with Crippen LogP contribution in [0.4, 0.5) is 14.8 Å². The maximum Gasteiger partial charge on any atom is 0.297 e. The van der Waals surface area contributed by atoms with E-state index >= 15 is 0 Å². The van der Waals surface area contributed by atoms with Gasteiger partial charge in [0.15, 0.2) is 0 Å². The number of carbonyl (C=O) groups excluding carboxylic acids is 1. The van der Waals surface area contributed by atoms with Crippen molar-refractivity contribution >= 4 is 11.9 Å². The van der Waals surface area contributed by atoms with Crippen LogP contribution in [0.25, 0.3) is 0 Å². The summed E-state index contributed by atoms with van der Waals surface area (Å²) in [7, 11) is 0. The molecule has 0 aliphatic carbocycles. The molecule has 1 amide bonds. The molecule has 3 rings (SSSR count). The van der Waals surface area contributed by atoms with Crippen molar-refractivity contribution in [1.82, 2.24) is 10.3 Å². The summed E-state index contributed by atoms with van der Waals surface area (Å²) >= 11 is 0. The van der Waals surface area contributed by atoms with Crippen LogP contribution in [0.1, 0.15) is 25.3 Å². The standard InChI is InChI=1S/C18H21F2N3O2/c1-2-12-11-23(18-21-6-8-25-18)7-5-16(12)22-17(24)9-13-3-4-14(19)10-15(13)20/h3-4,6,8,10,12,16H,2,5,7,9,11H2,1H3,(H,22,24)/t12-,16+/m1/s1. The van der Waals surface area contributed by atoms with Gasteiger partial charge in [-0.15, -0.1) is 0 Å². The number of benzene rings is 1. The van der Waals surface area contributed by atoms with E-state index < -0.39 is 11.6 Å². The van der Waals surface area contributed by atoms with Crippen LogP contribution >= 0.6 is 0 Å². The van der Waals surface area contributed by atoms with E-state index in [4.69, 9.17) is 4.42 Å². The molecule has 1 fully saturated rings. The SMILES string of the molecule is CC[C@@H]1CN(c2ncco2)CC[C@@H]1NC(=O)Cc1ccc(F)cc1F. The van der Waals surface area contributed by atoms with Crippen LogP contribution in [0, 0.1) is 17.6 Å². The number of hydrogen-bond donors (Lipinski definition) is 1. The van der Waals surface area contributed by atoms with E-state index in [0.717, 1.165) is 38.1 Å². The van der Waals surface area contributed by atoms with E-state index in [-0.39, 0.29) is 29.9 Å². The quantitative estimate of drug-likeness (QED) is 0.902. The number of aromatic nitrogens is 1. The third-order valence-corrected chi connectivity index (χ3v) is 4.66. The number of carbonyl (C=O) groups is 1. The molecule has 0 unspecified atom stereocenters. The minimum absolute atomic E-state index is 0.0206. The Morgan fingerprint density at radius 1 is 1.44 bits per heavy atom. The molecule has 2 aromatic rings. The van der Waals surface area contributed by atoms with Gasteiger partial charge in [0, 0.05) is 25.2 Å². The summed E-state index contributed by atoms with van der Waals surface area (Å²) in [4.78, 5) is 18.5. The summed E-state index contributed by atoms with van der Waals surface area (Å²) in [6.07, 6.45) is 4.72. The number of amides is 1. The van der Waals surface area contributed by atoms with Crippen molar-refractivity contribution in [2.45, 2.75) is 32.2 Å². The molecule has 1 aliphatic rings. The van der Waals surface area contributed by atoms with E-state index in [1.54, 1.807) is 12.5 Å². The van der Waals surface area contributed by atoms with Crippen molar-refractivity contribution in [3.63, 3.8) is 0 Å². The average molecular weight is 349 g/mol. The molecular formula is C18H21F2N3O2. The van der Waals surface area contributed by atoms with Crippen LogP contribution in [0.3, 0.4) is 0 Å². The van der Waals surface area contributed by atoms with E-state index in [0.29, 0.717) is 6.01 Å². The van der Waals surface area contributed by atoms with E-state index in [1.807, 2.05) is 0 Å². The molecular weight excluding hydrogens is 328 g/mol. The van der Waals surface area contributed by atoms with Gasteiger partial charge < -0.3 is 14.6 Å². The van der Waals surface area contributed by atoms with Crippen LogP contribution in [0.5, 0.6) is 0 Å². The second-order valence-corrected chi connectivity index (χ2v) is 6.30. The van der Waals surface area contributed by atoms with Gasteiger partial charge in [-0.2, -0.15) is 0 Å². The van der Waals surface area contributed by atoms with E-state index in [2.05, 4.69) is 22.1 Å². The lowest BCUT2D eigenvalue weighted by Crippen LogP contribution is -2.51. The van der Waals surface area contributed by atoms with Crippen LogP contribution in [0.15, 0.2) is 35.1 Å². The number of halogens is 2. The van der Waals surface area contributed by atoms with Gasteiger partial charge in [-0.25, -0.2) is 13.8 Å². The summed E-state index contributed by atoms with van der Waals surface area (Å²) in [5.74, 6) is -1.34. The smallest absolute Gasteiger partial charge is 0.297 e. The molecule has 1 aromatic heterocycles. The second-order valence-electron chi connectivity index (χ2n) is 6.30. The largest absolute Gasteiger partial charge is 0.432 e. The summed E-state index contributed by atoms with van der Waals surface area (Å²) in [5.41, 5.74) is 0.198. The molecule has 7 heteroatoms. The zero-order chi connectivity index (χ0) is 17.8. The Morgan fingerprint density at radius 3 is 2.96 bits per heavy atom. The Labute approximate surface area is 145 Å². The van der Waals surface area contributed by atoms with Crippen LogP contribution in [-0.2, 0) is 11.2 Å². The molecule has 5 nitrogen and oxygen atoms in total. The number of nitrogens with zero attached hydrogens (tertiary/aromatic N) is 2. The van der Waals surface area contributed by atoms with Gasteiger partial charge in [0.05, 0.1) is 12.6 Å². The van der Waals surface area contributed by atoms with Gasteiger partial charge in [0.1, 0.15) is 17.9 Å². The molecule has 0 bridgehead atoms. The highest BCUT2D eigenvalue weighted by Gasteiger charge is 2.30. The molecule has 1 aliphatic heterocycles. The third kappa shape index (κ3) is 4.15. The molecule has 25 heavy (non-hydrogen) atoms. The normalized spacial score (nSPS) is 20.5. The Hall–Kier alpha value is -2.44. The summed E-state index contributed by atoms with van der Waals surface area (Å²) in [6, 6.07) is 3.89. The average Bonchev–Trinajstić information content (AvgIpc) is 3.12. The highest BCUT2D eigenvalue weighted by Crippen LogP contribution is 2.24. The first kappa shape index (κ1) is 17.4. The van der Waals surface area contributed by atoms with Crippen molar-refractivity contribution < 1.29 is 18.0 Å². The first-order chi connectivity index (χ1) is 12.1. The number of piperidine rings is 1. The van der Waals surface area contributed by atoms with Crippen molar-refractivity contribution in [3.05, 3.63) is 47.9 Å². The maximum atomic E-state index is 13.7. The molecule has 0 radical (unpaired) electrons. The number of rotatable bonds is 5. The second kappa shape index (κ2) is 7.63.